The zero-order chi connectivity index (χ0) is 21.3. The van der Waals surface area contributed by atoms with Gasteiger partial charge in [0.1, 0.15) is 0 Å². The number of carbonyl (C=O) groups is 1. The number of nitrogens with zero attached hydrogens (tertiary/aromatic N) is 3. The van der Waals surface area contributed by atoms with Crippen molar-refractivity contribution in [1.82, 2.24) is 20.5 Å². The molecular formula is C22H31N5O2S. The fourth-order valence-corrected chi connectivity index (χ4v) is 3.96. The van der Waals surface area contributed by atoms with Crippen LogP contribution in [0.1, 0.15) is 46.4 Å². The number of nitrogens with one attached hydrogen (secondary N) is 2. The van der Waals surface area contributed by atoms with E-state index < -0.39 is 0 Å². The molecule has 1 saturated heterocycles. The van der Waals surface area contributed by atoms with Gasteiger partial charge in [-0.3, -0.25) is 4.79 Å². The molecule has 3 rings (SSSR count). The third kappa shape index (κ3) is 6.53. The van der Waals surface area contributed by atoms with Crippen LogP contribution in [0.3, 0.4) is 0 Å². The van der Waals surface area contributed by atoms with Crippen LogP contribution < -0.4 is 10.6 Å². The smallest absolute Gasteiger partial charge is 0.251 e. The third-order valence-electron chi connectivity index (χ3n) is 4.88. The normalized spacial score (nSPS) is 16.5. The minimum Gasteiger partial charge on any atom is -0.376 e. The van der Waals surface area contributed by atoms with Crippen molar-refractivity contribution < 1.29 is 9.53 Å². The van der Waals surface area contributed by atoms with Crippen molar-refractivity contribution in [3.8, 4) is 0 Å². The molecule has 1 aromatic carbocycles. The maximum Gasteiger partial charge on any atom is 0.251 e. The second-order valence-electron chi connectivity index (χ2n) is 7.43. The van der Waals surface area contributed by atoms with Crippen molar-refractivity contribution in [2.45, 2.75) is 45.9 Å². The van der Waals surface area contributed by atoms with E-state index in [-0.39, 0.29) is 12.0 Å². The van der Waals surface area contributed by atoms with Crippen LogP contribution in [0, 0.1) is 6.92 Å². The summed E-state index contributed by atoms with van der Waals surface area (Å²) in [6.45, 7) is 7.39. The van der Waals surface area contributed by atoms with Crippen molar-refractivity contribution in [2.75, 3.05) is 26.7 Å². The standard InChI is InChI=1S/C22H31N5O2S/c1-4-23-22(27(3)14-19-15-30-16(2)26-19)25-12-17-7-5-8-18(11-17)21(28)24-13-20-9-6-10-29-20/h5,7-8,11,15,20H,4,6,9-10,12-14H2,1-3H3,(H,23,25)(H,24,28). The Morgan fingerprint density at radius 1 is 1.40 bits per heavy atom. The van der Waals surface area contributed by atoms with E-state index in [1.807, 2.05) is 38.2 Å². The van der Waals surface area contributed by atoms with E-state index >= 15 is 0 Å². The number of benzene rings is 1. The summed E-state index contributed by atoms with van der Waals surface area (Å²) in [6, 6.07) is 7.63. The maximum absolute atomic E-state index is 12.5. The van der Waals surface area contributed by atoms with Gasteiger partial charge in [-0.15, -0.1) is 11.3 Å². The molecule has 0 spiro atoms. The van der Waals surface area contributed by atoms with E-state index in [0.29, 0.717) is 25.2 Å². The molecule has 162 valence electrons. The molecule has 2 aromatic rings. The van der Waals surface area contributed by atoms with E-state index in [9.17, 15) is 4.79 Å². The lowest BCUT2D eigenvalue weighted by molar-refractivity contribution is 0.0857. The first-order chi connectivity index (χ1) is 14.5. The molecule has 7 nitrogen and oxygen atoms in total. The number of carbonyl (C=O) groups excluding carboxylic acids is 1. The van der Waals surface area contributed by atoms with Crippen LogP contribution in [-0.2, 0) is 17.8 Å². The van der Waals surface area contributed by atoms with Crippen molar-refractivity contribution in [3.05, 3.63) is 51.5 Å². The van der Waals surface area contributed by atoms with Crippen LogP contribution in [0.15, 0.2) is 34.6 Å². The van der Waals surface area contributed by atoms with E-state index in [1.54, 1.807) is 11.3 Å². The molecule has 1 amide bonds. The van der Waals surface area contributed by atoms with E-state index in [2.05, 4.69) is 32.8 Å². The third-order valence-corrected chi connectivity index (χ3v) is 5.70. The minimum absolute atomic E-state index is 0.0701. The number of aliphatic imine (C=N–C) groups is 1. The van der Waals surface area contributed by atoms with Crippen LogP contribution in [0.5, 0.6) is 0 Å². The van der Waals surface area contributed by atoms with Gasteiger partial charge in [0, 0.05) is 37.7 Å². The highest BCUT2D eigenvalue weighted by Gasteiger charge is 2.16. The van der Waals surface area contributed by atoms with Crippen molar-refractivity contribution in [1.29, 1.82) is 0 Å². The molecule has 1 aromatic heterocycles. The Labute approximate surface area is 182 Å². The van der Waals surface area contributed by atoms with Gasteiger partial charge in [0.05, 0.1) is 29.9 Å². The number of hydrogen-bond donors (Lipinski definition) is 2. The van der Waals surface area contributed by atoms with Crippen molar-refractivity contribution in [2.24, 2.45) is 4.99 Å². The van der Waals surface area contributed by atoms with Gasteiger partial charge in [-0.25, -0.2) is 9.98 Å². The number of ether oxygens (including phenoxy) is 1. The lowest BCUT2D eigenvalue weighted by atomic mass is 10.1. The second kappa shape index (κ2) is 11.1. The lowest BCUT2D eigenvalue weighted by Gasteiger charge is -2.21. The van der Waals surface area contributed by atoms with E-state index in [1.165, 1.54) is 0 Å². The van der Waals surface area contributed by atoms with Gasteiger partial charge in [-0.2, -0.15) is 0 Å². The fraction of sp³-hybridized carbons (Fsp3) is 0.500. The van der Waals surface area contributed by atoms with Gasteiger partial charge < -0.3 is 20.3 Å². The molecule has 0 radical (unpaired) electrons. The molecule has 2 heterocycles. The minimum atomic E-state index is -0.0701. The summed E-state index contributed by atoms with van der Waals surface area (Å²) in [4.78, 5) is 23.8. The van der Waals surface area contributed by atoms with E-state index in [0.717, 1.165) is 48.2 Å². The molecule has 1 fully saturated rings. The van der Waals surface area contributed by atoms with Crippen LogP contribution in [0.25, 0.3) is 0 Å². The Bertz CT molecular complexity index is 861. The Balaban J connectivity index is 1.60. The number of aromatic nitrogens is 1. The number of thiazole rings is 1. The number of hydrogen-bond acceptors (Lipinski definition) is 5. The SMILES string of the molecule is CCNC(=NCc1cccc(C(=O)NCC2CCCO2)c1)N(C)Cc1csc(C)n1. The Morgan fingerprint density at radius 3 is 2.97 bits per heavy atom. The summed E-state index contributed by atoms with van der Waals surface area (Å²) < 4.78 is 5.57. The monoisotopic (exact) mass is 429 g/mol. The highest BCUT2D eigenvalue weighted by atomic mass is 32.1. The quantitative estimate of drug-likeness (QED) is 0.498. The average molecular weight is 430 g/mol. The van der Waals surface area contributed by atoms with Crippen LogP contribution in [0.2, 0.25) is 0 Å². The predicted octanol–water partition coefficient (Wildman–Crippen LogP) is 2.96. The van der Waals surface area contributed by atoms with Gasteiger partial charge in [-0.05, 0) is 44.4 Å². The Hall–Kier alpha value is -2.45. The van der Waals surface area contributed by atoms with Crippen molar-refractivity contribution >= 4 is 23.2 Å². The van der Waals surface area contributed by atoms with Gasteiger partial charge in [0.2, 0.25) is 0 Å². The average Bonchev–Trinajstić information content (AvgIpc) is 3.41. The molecule has 1 aliphatic heterocycles. The number of aryl methyl sites for hydroxylation is 1. The summed E-state index contributed by atoms with van der Waals surface area (Å²) in [7, 11) is 2.01. The molecule has 1 unspecified atom stereocenters. The van der Waals surface area contributed by atoms with Crippen LogP contribution in [0.4, 0.5) is 0 Å². The summed E-state index contributed by atoms with van der Waals surface area (Å²) >= 11 is 1.65. The Kier molecular flexibility index (Phi) is 8.21. The molecule has 30 heavy (non-hydrogen) atoms. The highest BCUT2D eigenvalue weighted by molar-refractivity contribution is 7.09. The molecule has 2 N–H and O–H groups in total. The fourth-order valence-electron chi connectivity index (χ4n) is 3.36. The zero-order valence-corrected chi connectivity index (χ0v) is 18.8. The molecule has 1 atom stereocenters. The molecule has 1 aliphatic rings. The van der Waals surface area contributed by atoms with Gasteiger partial charge in [0.25, 0.3) is 5.91 Å². The Morgan fingerprint density at radius 2 is 2.27 bits per heavy atom. The first-order valence-electron chi connectivity index (χ1n) is 10.4. The number of amides is 1. The lowest BCUT2D eigenvalue weighted by Crippen LogP contribution is -2.38. The van der Waals surface area contributed by atoms with Gasteiger partial charge >= 0.3 is 0 Å². The number of rotatable bonds is 8. The van der Waals surface area contributed by atoms with Crippen LogP contribution >= 0.6 is 11.3 Å². The molecule has 0 aliphatic carbocycles. The van der Waals surface area contributed by atoms with Crippen LogP contribution in [-0.4, -0.2) is 54.6 Å². The molecular weight excluding hydrogens is 398 g/mol. The van der Waals surface area contributed by atoms with Gasteiger partial charge in [0.15, 0.2) is 5.96 Å². The molecule has 8 heteroatoms. The zero-order valence-electron chi connectivity index (χ0n) is 18.0. The summed E-state index contributed by atoms with van der Waals surface area (Å²) in [5.41, 5.74) is 2.68. The molecule has 0 bridgehead atoms. The maximum atomic E-state index is 12.5. The molecule has 0 saturated carbocycles. The summed E-state index contributed by atoms with van der Waals surface area (Å²) in [6.07, 6.45) is 2.22. The largest absolute Gasteiger partial charge is 0.376 e. The van der Waals surface area contributed by atoms with E-state index in [4.69, 9.17) is 9.73 Å². The highest BCUT2D eigenvalue weighted by Crippen LogP contribution is 2.12. The van der Waals surface area contributed by atoms with Crippen molar-refractivity contribution in [3.63, 3.8) is 0 Å². The second-order valence-corrected chi connectivity index (χ2v) is 8.49. The first kappa shape index (κ1) is 22.2. The predicted molar refractivity (Wildman–Crippen MR) is 121 cm³/mol. The summed E-state index contributed by atoms with van der Waals surface area (Å²) in [5.74, 6) is 0.746. The first-order valence-corrected chi connectivity index (χ1v) is 11.3. The summed E-state index contributed by atoms with van der Waals surface area (Å²) in [5, 5.41) is 9.44. The number of guanidine groups is 1. The topological polar surface area (TPSA) is 78.8 Å². The van der Waals surface area contributed by atoms with Gasteiger partial charge in [-0.1, -0.05) is 12.1 Å².